The average molecular weight is 211 g/mol. The Hall–Kier alpha value is -0.410. The zero-order valence-corrected chi connectivity index (χ0v) is 9.74. The maximum Gasteiger partial charge on any atom is 0.138 e. The molecule has 0 N–H and O–H groups in total. The summed E-state index contributed by atoms with van der Waals surface area (Å²) in [5, 5.41) is 0. The molecule has 3 nitrogen and oxygen atoms in total. The summed E-state index contributed by atoms with van der Waals surface area (Å²) in [6.07, 6.45) is 1.72. The Kier molecular flexibility index (Phi) is 3.42. The normalized spacial score (nSPS) is 28.3. The third kappa shape index (κ3) is 2.58. The van der Waals surface area contributed by atoms with Gasteiger partial charge in [-0.2, -0.15) is 0 Å². The lowest BCUT2D eigenvalue weighted by Crippen LogP contribution is -2.51. The molecule has 86 valence electrons. The van der Waals surface area contributed by atoms with E-state index in [1.54, 1.807) is 0 Å². The molecule has 0 aromatic carbocycles. The minimum Gasteiger partial charge on any atom is -0.381 e. The fourth-order valence-corrected chi connectivity index (χ4v) is 2.40. The van der Waals surface area contributed by atoms with Gasteiger partial charge < -0.3 is 9.64 Å². The van der Waals surface area contributed by atoms with Crippen molar-refractivity contribution >= 4 is 5.78 Å². The topological polar surface area (TPSA) is 29.5 Å². The Labute approximate surface area is 91.8 Å². The van der Waals surface area contributed by atoms with Crippen LogP contribution in [0.25, 0.3) is 0 Å². The van der Waals surface area contributed by atoms with Gasteiger partial charge in [0.05, 0.1) is 6.61 Å². The van der Waals surface area contributed by atoms with Crippen LogP contribution >= 0.6 is 0 Å². The molecule has 2 saturated heterocycles. The van der Waals surface area contributed by atoms with E-state index in [1.165, 1.54) is 0 Å². The van der Waals surface area contributed by atoms with Gasteiger partial charge in [-0.05, 0) is 26.2 Å². The molecule has 15 heavy (non-hydrogen) atoms. The first kappa shape index (κ1) is 11.1. The first-order valence-electron chi connectivity index (χ1n) is 6.01. The van der Waals surface area contributed by atoms with Crippen molar-refractivity contribution < 1.29 is 9.53 Å². The number of nitrogens with zero attached hydrogens (tertiary/aromatic N) is 1. The van der Waals surface area contributed by atoms with Crippen molar-refractivity contribution in [1.29, 1.82) is 0 Å². The molecule has 0 aromatic heterocycles. The van der Waals surface area contributed by atoms with Crippen LogP contribution in [-0.4, -0.2) is 43.0 Å². The summed E-state index contributed by atoms with van der Waals surface area (Å²) >= 11 is 0. The lowest BCUT2D eigenvalue weighted by atomic mass is 9.88. The Morgan fingerprint density at radius 2 is 2.20 bits per heavy atom. The lowest BCUT2D eigenvalue weighted by Gasteiger charge is -2.42. The summed E-state index contributed by atoms with van der Waals surface area (Å²) in [5.74, 6) is 1.25. The highest BCUT2D eigenvalue weighted by molar-refractivity contribution is 5.81. The molecule has 0 aromatic rings. The van der Waals surface area contributed by atoms with Crippen molar-refractivity contribution in [3.05, 3.63) is 0 Å². The van der Waals surface area contributed by atoms with Crippen LogP contribution in [0.4, 0.5) is 0 Å². The molecule has 2 heterocycles. The second-order valence-electron chi connectivity index (χ2n) is 5.14. The lowest BCUT2D eigenvalue weighted by molar-refractivity contribution is -0.125. The van der Waals surface area contributed by atoms with Gasteiger partial charge in [0.25, 0.3) is 0 Å². The molecule has 1 unspecified atom stereocenters. The van der Waals surface area contributed by atoms with E-state index in [1.807, 2.05) is 0 Å². The number of ketones is 1. The third-order valence-electron chi connectivity index (χ3n) is 3.59. The van der Waals surface area contributed by atoms with Crippen LogP contribution in [0.15, 0.2) is 0 Å². The third-order valence-corrected chi connectivity index (χ3v) is 3.59. The maximum absolute atomic E-state index is 11.8. The molecule has 2 rings (SSSR count). The summed E-state index contributed by atoms with van der Waals surface area (Å²) in [6.45, 7) is 8.08. The van der Waals surface area contributed by atoms with Crippen molar-refractivity contribution in [3.63, 3.8) is 0 Å². The van der Waals surface area contributed by atoms with Crippen molar-refractivity contribution in [1.82, 2.24) is 4.90 Å². The van der Waals surface area contributed by atoms with Crippen LogP contribution in [0.3, 0.4) is 0 Å². The molecule has 0 amide bonds. The predicted octanol–water partition coefficient (Wildman–Crippen LogP) is 1.32. The summed E-state index contributed by atoms with van der Waals surface area (Å²) in [7, 11) is 0. The molecular weight excluding hydrogens is 190 g/mol. The van der Waals surface area contributed by atoms with Crippen LogP contribution in [0.2, 0.25) is 0 Å². The van der Waals surface area contributed by atoms with E-state index < -0.39 is 0 Å². The standard InChI is InChI=1S/C12H21NO2/c1-9(2)13-6-10(7-13)5-12(14)11-3-4-15-8-11/h9-11H,3-8H2,1-2H3. The Morgan fingerprint density at radius 3 is 2.73 bits per heavy atom. The number of hydrogen-bond donors (Lipinski definition) is 0. The number of rotatable bonds is 4. The van der Waals surface area contributed by atoms with E-state index in [0.717, 1.165) is 32.5 Å². The van der Waals surface area contributed by atoms with Crippen molar-refractivity contribution in [3.8, 4) is 0 Å². The number of carbonyl (C=O) groups excluding carboxylic acids is 1. The monoisotopic (exact) mass is 211 g/mol. The number of hydrogen-bond acceptors (Lipinski definition) is 3. The van der Waals surface area contributed by atoms with E-state index >= 15 is 0 Å². The number of Topliss-reactive ketones (excluding diaryl/α,β-unsaturated/α-hetero) is 1. The zero-order chi connectivity index (χ0) is 10.8. The maximum atomic E-state index is 11.8. The summed E-state index contributed by atoms with van der Waals surface area (Å²) in [5.41, 5.74) is 0. The van der Waals surface area contributed by atoms with E-state index in [-0.39, 0.29) is 5.92 Å². The van der Waals surface area contributed by atoms with E-state index in [2.05, 4.69) is 18.7 Å². The van der Waals surface area contributed by atoms with Gasteiger partial charge in [-0.25, -0.2) is 0 Å². The molecule has 0 saturated carbocycles. The minimum absolute atomic E-state index is 0.207. The van der Waals surface area contributed by atoms with Gasteiger partial charge in [-0.3, -0.25) is 4.79 Å². The van der Waals surface area contributed by atoms with Crippen LogP contribution in [-0.2, 0) is 9.53 Å². The molecule has 0 radical (unpaired) electrons. The Morgan fingerprint density at radius 1 is 1.47 bits per heavy atom. The molecule has 0 bridgehead atoms. The van der Waals surface area contributed by atoms with E-state index in [4.69, 9.17) is 4.74 Å². The smallest absolute Gasteiger partial charge is 0.138 e. The van der Waals surface area contributed by atoms with Gasteiger partial charge in [0.1, 0.15) is 5.78 Å². The second kappa shape index (κ2) is 4.62. The Bertz CT molecular complexity index is 228. The molecular formula is C12H21NO2. The summed E-state index contributed by atoms with van der Waals surface area (Å²) in [4.78, 5) is 14.2. The highest BCUT2D eigenvalue weighted by Crippen LogP contribution is 2.25. The van der Waals surface area contributed by atoms with Gasteiger partial charge in [0.2, 0.25) is 0 Å². The van der Waals surface area contributed by atoms with Crippen LogP contribution < -0.4 is 0 Å². The first-order valence-corrected chi connectivity index (χ1v) is 6.01. The molecule has 0 aliphatic carbocycles. The highest BCUT2D eigenvalue weighted by atomic mass is 16.5. The molecule has 2 aliphatic heterocycles. The summed E-state index contributed by atoms with van der Waals surface area (Å²) in [6, 6.07) is 0.631. The second-order valence-corrected chi connectivity index (χ2v) is 5.14. The number of likely N-dealkylation sites (tertiary alicyclic amines) is 1. The van der Waals surface area contributed by atoms with Gasteiger partial charge in [-0.1, -0.05) is 0 Å². The largest absolute Gasteiger partial charge is 0.381 e. The first-order chi connectivity index (χ1) is 7.16. The fraction of sp³-hybridized carbons (Fsp3) is 0.917. The fourth-order valence-electron chi connectivity index (χ4n) is 2.40. The van der Waals surface area contributed by atoms with Crippen LogP contribution in [0.5, 0.6) is 0 Å². The quantitative estimate of drug-likeness (QED) is 0.702. The van der Waals surface area contributed by atoms with Crippen LogP contribution in [0, 0.1) is 11.8 Å². The number of ether oxygens (including phenoxy) is 1. The van der Waals surface area contributed by atoms with Crippen molar-refractivity contribution in [2.24, 2.45) is 11.8 Å². The van der Waals surface area contributed by atoms with Gasteiger partial charge in [0.15, 0.2) is 0 Å². The Balaban J connectivity index is 1.68. The molecule has 3 heteroatoms. The van der Waals surface area contributed by atoms with Gasteiger partial charge in [-0.15, -0.1) is 0 Å². The van der Waals surface area contributed by atoms with Crippen LogP contribution in [0.1, 0.15) is 26.7 Å². The molecule has 2 fully saturated rings. The minimum atomic E-state index is 0.207. The SMILES string of the molecule is CC(C)N1CC(CC(=O)C2CCOC2)C1. The van der Waals surface area contributed by atoms with Gasteiger partial charge >= 0.3 is 0 Å². The van der Waals surface area contributed by atoms with E-state index in [0.29, 0.717) is 24.3 Å². The highest BCUT2D eigenvalue weighted by Gasteiger charge is 2.32. The zero-order valence-electron chi connectivity index (χ0n) is 9.74. The average Bonchev–Trinajstić information content (AvgIpc) is 2.61. The van der Waals surface area contributed by atoms with Crippen molar-refractivity contribution in [2.75, 3.05) is 26.3 Å². The number of carbonyl (C=O) groups is 1. The van der Waals surface area contributed by atoms with Gasteiger partial charge in [0, 0.05) is 38.1 Å². The molecule has 1 atom stereocenters. The van der Waals surface area contributed by atoms with Crippen molar-refractivity contribution in [2.45, 2.75) is 32.7 Å². The summed E-state index contributed by atoms with van der Waals surface area (Å²) < 4.78 is 5.24. The van der Waals surface area contributed by atoms with E-state index in [9.17, 15) is 4.79 Å². The molecule has 2 aliphatic rings. The molecule has 0 spiro atoms. The predicted molar refractivity (Wildman–Crippen MR) is 58.7 cm³/mol.